The van der Waals surface area contributed by atoms with Crippen LogP contribution >= 0.6 is 0 Å². The van der Waals surface area contributed by atoms with Crippen LogP contribution in [-0.2, 0) is 9.59 Å². The Morgan fingerprint density at radius 1 is 1.20 bits per heavy atom. The highest BCUT2D eigenvalue weighted by atomic mass is 16.2. The molecule has 2 N–H and O–H groups in total. The SMILES string of the molecule is C[C@H](CNC(=O)CN1C(=O)NC2(CCCCC2)C1=O)c1ccccc1. The van der Waals surface area contributed by atoms with Crippen molar-refractivity contribution < 1.29 is 14.4 Å². The summed E-state index contributed by atoms with van der Waals surface area (Å²) in [7, 11) is 0. The average Bonchev–Trinajstić information content (AvgIpc) is 2.85. The molecule has 1 aliphatic heterocycles. The Balaban J connectivity index is 1.54. The number of carbonyl (C=O) groups excluding carboxylic acids is 3. The van der Waals surface area contributed by atoms with Crippen LogP contribution < -0.4 is 10.6 Å². The number of urea groups is 1. The van der Waals surface area contributed by atoms with Crippen molar-refractivity contribution in [1.29, 1.82) is 0 Å². The molecule has 2 aliphatic rings. The lowest BCUT2D eigenvalue weighted by Gasteiger charge is -2.30. The molecule has 0 bridgehead atoms. The van der Waals surface area contributed by atoms with E-state index in [9.17, 15) is 14.4 Å². The van der Waals surface area contributed by atoms with Crippen LogP contribution in [0.3, 0.4) is 0 Å². The Kier molecular flexibility index (Phi) is 5.06. The first kappa shape index (κ1) is 17.5. The largest absolute Gasteiger partial charge is 0.354 e. The predicted molar refractivity (Wildman–Crippen MR) is 93.9 cm³/mol. The van der Waals surface area contributed by atoms with Gasteiger partial charge in [-0.05, 0) is 24.3 Å². The molecule has 1 aromatic carbocycles. The van der Waals surface area contributed by atoms with Gasteiger partial charge in [-0.25, -0.2) is 4.79 Å². The van der Waals surface area contributed by atoms with E-state index < -0.39 is 11.6 Å². The Labute approximate surface area is 148 Å². The van der Waals surface area contributed by atoms with Gasteiger partial charge in [-0.2, -0.15) is 0 Å². The molecule has 1 saturated heterocycles. The zero-order valence-corrected chi connectivity index (χ0v) is 14.6. The molecule has 134 valence electrons. The number of rotatable bonds is 5. The molecule has 0 aromatic heterocycles. The van der Waals surface area contributed by atoms with Gasteiger partial charge in [0.1, 0.15) is 12.1 Å². The van der Waals surface area contributed by atoms with E-state index in [0.717, 1.165) is 29.7 Å². The number of nitrogens with one attached hydrogen (secondary N) is 2. The van der Waals surface area contributed by atoms with Crippen molar-refractivity contribution in [2.24, 2.45) is 0 Å². The van der Waals surface area contributed by atoms with E-state index >= 15 is 0 Å². The summed E-state index contributed by atoms with van der Waals surface area (Å²) in [6.45, 7) is 2.28. The quantitative estimate of drug-likeness (QED) is 0.804. The highest BCUT2D eigenvalue weighted by Gasteiger charge is 2.51. The molecular weight excluding hydrogens is 318 g/mol. The molecule has 1 aromatic rings. The third-order valence-electron chi connectivity index (χ3n) is 5.23. The van der Waals surface area contributed by atoms with Crippen molar-refractivity contribution in [2.45, 2.75) is 50.5 Å². The Morgan fingerprint density at radius 2 is 1.88 bits per heavy atom. The Bertz CT molecular complexity index is 653. The molecule has 1 spiro atoms. The van der Waals surface area contributed by atoms with Crippen molar-refractivity contribution in [1.82, 2.24) is 15.5 Å². The minimum Gasteiger partial charge on any atom is -0.354 e. The van der Waals surface area contributed by atoms with Crippen LogP contribution in [0.15, 0.2) is 30.3 Å². The number of hydrogen-bond donors (Lipinski definition) is 2. The maximum absolute atomic E-state index is 12.7. The number of imide groups is 1. The average molecular weight is 343 g/mol. The molecule has 0 unspecified atom stereocenters. The first-order chi connectivity index (χ1) is 12.0. The summed E-state index contributed by atoms with van der Waals surface area (Å²) in [6.07, 6.45) is 4.28. The fourth-order valence-corrected chi connectivity index (χ4v) is 3.68. The second-order valence-corrected chi connectivity index (χ2v) is 7.08. The number of nitrogens with zero attached hydrogens (tertiary/aromatic N) is 1. The van der Waals surface area contributed by atoms with Gasteiger partial charge in [0, 0.05) is 6.54 Å². The van der Waals surface area contributed by atoms with E-state index in [-0.39, 0.29) is 24.3 Å². The van der Waals surface area contributed by atoms with Gasteiger partial charge in [0.25, 0.3) is 5.91 Å². The summed E-state index contributed by atoms with van der Waals surface area (Å²) in [5.41, 5.74) is 0.367. The lowest BCUT2D eigenvalue weighted by molar-refractivity contribution is -0.135. The van der Waals surface area contributed by atoms with Crippen molar-refractivity contribution in [3.63, 3.8) is 0 Å². The van der Waals surface area contributed by atoms with E-state index in [1.54, 1.807) is 0 Å². The van der Waals surface area contributed by atoms with Crippen molar-refractivity contribution in [3.8, 4) is 0 Å². The lowest BCUT2D eigenvalue weighted by atomic mass is 9.82. The molecule has 3 rings (SSSR count). The third-order valence-corrected chi connectivity index (χ3v) is 5.23. The maximum Gasteiger partial charge on any atom is 0.325 e. The van der Waals surface area contributed by atoms with E-state index in [1.165, 1.54) is 0 Å². The molecule has 2 fully saturated rings. The van der Waals surface area contributed by atoms with Crippen LogP contribution in [0, 0.1) is 0 Å². The molecule has 1 atom stereocenters. The molecule has 25 heavy (non-hydrogen) atoms. The Hall–Kier alpha value is -2.37. The molecule has 1 aliphatic carbocycles. The molecule has 6 nitrogen and oxygen atoms in total. The minimum absolute atomic E-state index is 0.165. The van der Waals surface area contributed by atoms with Crippen molar-refractivity contribution >= 4 is 17.8 Å². The Morgan fingerprint density at radius 3 is 2.56 bits per heavy atom. The smallest absolute Gasteiger partial charge is 0.325 e. The predicted octanol–water partition coefficient (Wildman–Crippen LogP) is 2.16. The van der Waals surface area contributed by atoms with Crippen molar-refractivity contribution in [3.05, 3.63) is 35.9 Å². The maximum atomic E-state index is 12.7. The standard InChI is InChI=1S/C19H25N3O3/c1-14(15-8-4-2-5-9-15)12-20-16(23)13-22-17(24)19(21-18(22)25)10-6-3-7-11-19/h2,4-5,8-9,14H,3,6-7,10-13H2,1H3,(H,20,23)(H,21,25)/t14-/m1/s1. The van der Waals surface area contributed by atoms with Crippen molar-refractivity contribution in [2.75, 3.05) is 13.1 Å². The molecule has 1 saturated carbocycles. The number of benzene rings is 1. The number of hydrogen-bond acceptors (Lipinski definition) is 3. The number of amides is 4. The van der Waals surface area contributed by atoms with Gasteiger partial charge in [0.15, 0.2) is 0 Å². The summed E-state index contributed by atoms with van der Waals surface area (Å²) in [6, 6.07) is 9.46. The van der Waals surface area contributed by atoms with Crippen LogP contribution in [0.25, 0.3) is 0 Å². The first-order valence-corrected chi connectivity index (χ1v) is 8.97. The molecule has 4 amide bonds. The number of carbonyl (C=O) groups is 3. The van der Waals surface area contributed by atoms with E-state index in [1.807, 2.05) is 37.3 Å². The zero-order chi connectivity index (χ0) is 17.9. The van der Waals surface area contributed by atoms with Gasteiger partial charge >= 0.3 is 6.03 Å². The topological polar surface area (TPSA) is 78.5 Å². The highest BCUT2D eigenvalue weighted by molar-refractivity contribution is 6.09. The van der Waals surface area contributed by atoms with Gasteiger partial charge < -0.3 is 10.6 Å². The van der Waals surface area contributed by atoms with E-state index in [4.69, 9.17) is 0 Å². The first-order valence-electron chi connectivity index (χ1n) is 8.97. The van der Waals surface area contributed by atoms with Crippen LogP contribution in [-0.4, -0.2) is 41.4 Å². The normalized spacial score (nSPS) is 20.4. The summed E-state index contributed by atoms with van der Waals surface area (Å²) in [5.74, 6) is -0.388. The zero-order valence-electron chi connectivity index (χ0n) is 14.6. The summed E-state index contributed by atoms with van der Waals surface area (Å²) in [4.78, 5) is 38.1. The highest BCUT2D eigenvalue weighted by Crippen LogP contribution is 2.33. The lowest BCUT2D eigenvalue weighted by Crippen LogP contribution is -2.49. The van der Waals surface area contributed by atoms with Crippen LogP contribution in [0.5, 0.6) is 0 Å². The second-order valence-electron chi connectivity index (χ2n) is 7.08. The van der Waals surface area contributed by atoms with E-state index in [2.05, 4.69) is 10.6 Å². The third kappa shape index (κ3) is 3.67. The monoisotopic (exact) mass is 343 g/mol. The van der Waals surface area contributed by atoms with Crippen LogP contribution in [0.4, 0.5) is 4.79 Å². The van der Waals surface area contributed by atoms with Gasteiger partial charge in [0.2, 0.25) is 5.91 Å². The van der Waals surface area contributed by atoms with Gasteiger partial charge in [0.05, 0.1) is 0 Å². The fourth-order valence-electron chi connectivity index (χ4n) is 3.68. The minimum atomic E-state index is -0.771. The van der Waals surface area contributed by atoms with Crippen LogP contribution in [0.1, 0.15) is 50.5 Å². The fraction of sp³-hybridized carbons (Fsp3) is 0.526. The summed E-state index contributed by atoms with van der Waals surface area (Å²) >= 11 is 0. The van der Waals surface area contributed by atoms with Crippen LogP contribution in [0.2, 0.25) is 0 Å². The van der Waals surface area contributed by atoms with E-state index in [0.29, 0.717) is 19.4 Å². The van der Waals surface area contributed by atoms with Gasteiger partial charge in [-0.15, -0.1) is 0 Å². The molecule has 6 heteroatoms. The molecule has 0 radical (unpaired) electrons. The van der Waals surface area contributed by atoms with Gasteiger partial charge in [-0.1, -0.05) is 56.5 Å². The summed E-state index contributed by atoms with van der Waals surface area (Å²) < 4.78 is 0. The second kappa shape index (κ2) is 7.25. The molecular formula is C19H25N3O3. The summed E-state index contributed by atoms with van der Waals surface area (Å²) in [5, 5.41) is 5.65. The van der Waals surface area contributed by atoms with Gasteiger partial charge in [-0.3, -0.25) is 14.5 Å². The molecule has 1 heterocycles.